The number of rotatable bonds is 7. The van der Waals surface area contributed by atoms with E-state index in [0.717, 1.165) is 16.9 Å². The molecule has 2 aromatic rings. The van der Waals surface area contributed by atoms with Crippen LogP contribution in [-0.2, 0) is 14.3 Å². The molecule has 0 aromatic heterocycles. The van der Waals surface area contributed by atoms with Crippen LogP contribution in [0.1, 0.15) is 12.5 Å². The maximum Gasteiger partial charge on any atom is 0.330 e. The van der Waals surface area contributed by atoms with Crippen molar-refractivity contribution in [3.8, 4) is 0 Å². The van der Waals surface area contributed by atoms with E-state index in [-0.39, 0.29) is 18.4 Å². The summed E-state index contributed by atoms with van der Waals surface area (Å²) in [5, 5.41) is 5.85. The van der Waals surface area contributed by atoms with Crippen molar-refractivity contribution in [2.24, 2.45) is 0 Å². The molecule has 0 aliphatic rings. The topological polar surface area (TPSA) is 67.4 Å². The summed E-state index contributed by atoms with van der Waals surface area (Å²) in [6, 6.07) is 16.7. The number of ether oxygens (including phenoxy) is 1. The number of carbonyl (C=O) groups excluding carboxylic acids is 2. The van der Waals surface area contributed by atoms with Crippen LogP contribution in [0, 0.1) is 0 Å². The Morgan fingerprint density at radius 1 is 1.00 bits per heavy atom. The first-order chi connectivity index (χ1) is 11.7. The quantitative estimate of drug-likeness (QED) is 0.606. The zero-order valence-electron chi connectivity index (χ0n) is 13.5. The summed E-state index contributed by atoms with van der Waals surface area (Å²) in [6.07, 6.45) is 3.07. The highest BCUT2D eigenvalue weighted by Gasteiger charge is 2.02. The van der Waals surface area contributed by atoms with E-state index in [1.807, 2.05) is 54.6 Å². The average Bonchev–Trinajstić information content (AvgIpc) is 2.60. The number of anilines is 2. The Balaban J connectivity index is 1.81. The lowest BCUT2D eigenvalue weighted by molar-refractivity contribution is -0.137. The number of para-hydroxylation sites is 1. The van der Waals surface area contributed by atoms with E-state index < -0.39 is 0 Å². The van der Waals surface area contributed by atoms with Crippen LogP contribution in [0.5, 0.6) is 0 Å². The molecule has 2 N–H and O–H groups in total. The van der Waals surface area contributed by atoms with Crippen molar-refractivity contribution in [2.45, 2.75) is 6.92 Å². The molecular weight excluding hydrogens is 304 g/mol. The van der Waals surface area contributed by atoms with Gasteiger partial charge in [0.1, 0.15) is 0 Å². The van der Waals surface area contributed by atoms with Crippen LogP contribution < -0.4 is 10.6 Å². The third kappa shape index (κ3) is 5.96. The number of esters is 1. The van der Waals surface area contributed by atoms with Gasteiger partial charge in [0, 0.05) is 17.5 Å². The summed E-state index contributed by atoms with van der Waals surface area (Å²) in [5.41, 5.74) is 2.47. The first-order valence-electron chi connectivity index (χ1n) is 7.71. The Kier molecular flexibility index (Phi) is 6.58. The molecule has 0 fully saturated rings. The highest BCUT2D eigenvalue weighted by Crippen LogP contribution is 2.11. The van der Waals surface area contributed by atoms with Gasteiger partial charge in [0.15, 0.2) is 0 Å². The van der Waals surface area contributed by atoms with E-state index in [0.29, 0.717) is 6.61 Å². The summed E-state index contributed by atoms with van der Waals surface area (Å²) in [4.78, 5) is 23.1. The number of benzene rings is 2. The molecule has 0 spiro atoms. The molecule has 1 amide bonds. The van der Waals surface area contributed by atoms with Crippen LogP contribution in [0.2, 0.25) is 0 Å². The second-order valence-electron chi connectivity index (χ2n) is 4.98. The summed E-state index contributed by atoms with van der Waals surface area (Å²) >= 11 is 0. The van der Waals surface area contributed by atoms with Crippen molar-refractivity contribution in [1.82, 2.24) is 0 Å². The summed E-state index contributed by atoms with van der Waals surface area (Å²) in [5.74, 6) is -0.482. The average molecular weight is 324 g/mol. The summed E-state index contributed by atoms with van der Waals surface area (Å²) in [7, 11) is 0. The van der Waals surface area contributed by atoms with Crippen LogP contribution in [0.4, 0.5) is 11.4 Å². The van der Waals surface area contributed by atoms with Crippen LogP contribution >= 0.6 is 0 Å². The van der Waals surface area contributed by atoms with Gasteiger partial charge >= 0.3 is 5.97 Å². The molecule has 0 atom stereocenters. The number of hydrogen-bond donors (Lipinski definition) is 2. The highest BCUT2D eigenvalue weighted by molar-refractivity contribution is 5.93. The van der Waals surface area contributed by atoms with Gasteiger partial charge in [0.05, 0.1) is 13.2 Å². The Hall–Kier alpha value is -3.08. The van der Waals surface area contributed by atoms with Crippen molar-refractivity contribution < 1.29 is 14.3 Å². The van der Waals surface area contributed by atoms with Gasteiger partial charge in [-0.1, -0.05) is 30.3 Å². The molecule has 0 bridgehead atoms. The van der Waals surface area contributed by atoms with Crippen molar-refractivity contribution >= 4 is 29.3 Å². The fourth-order valence-electron chi connectivity index (χ4n) is 1.98. The molecule has 24 heavy (non-hydrogen) atoms. The van der Waals surface area contributed by atoms with E-state index in [9.17, 15) is 9.59 Å². The minimum Gasteiger partial charge on any atom is -0.463 e. The monoisotopic (exact) mass is 324 g/mol. The lowest BCUT2D eigenvalue weighted by Crippen LogP contribution is -2.21. The third-order valence-corrected chi connectivity index (χ3v) is 3.12. The molecule has 0 saturated heterocycles. The molecule has 0 aliphatic heterocycles. The van der Waals surface area contributed by atoms with E-state index in [2.05, 4.69) is 10.6 Å². The number of nitrogens with one attached hydrogen (secondary N) is 2. The lowest BCUT2D eigenvalue weighted by Gasteiger charge is -2.08. The minimum atomic E-state index is -0.364. The molecule has 2 aromatic carbocycles. The minimum absolute atomic E-state index is 0.118. The molecule has 0 radical (unpaired) electrons. The lowest BCUT2D eigenvalue weighted by atomic mass is 10.2. The van der Waals surface area contributed by atoms with Gasteiger partial charge in [-0.3, -0.25) is 4.79 Å². The first-order valence-corrected chi connectivity index (χ1v) is 7.71. The summed E-state index contributed by atoms with van der Waals surface area (Å²) < 4.78 is 4.82. The SMILES string of the molecule is CCOC(=O)/C=C/c1ccc(NCC(=O)Nc2ccccc2)cc1. The van der Waals surface area contributed by atoms with Gasteiger partial charge in [-0.15, -0.1) is 0 Å². The predicted molar refractivity (Wildman–Crippen MR) is 95.7 cm³/mol. The predicted octanol–water partition coefficient (Wildman–Crippen LogP) is 3.31. The Morgan fingerprint density at radius 2 is 1.71 bits per heavy atom. The van der Waals surface area contributed by atoms with Gasteiger partial charge in [-0.2, -0.15) is 0 Å². The van der Waals surface area contributed by atoms with E-state index in [1.54, 1.807) is 13.0 Å². The maximum absolute atomic E-state index is 11.9. The van der Waals surface area contributed by atoms with Crippen LogP contribution in [-0.4, -0.2) is 25.0 Å². The second kappa shape index (κ2) is 9.15. The first kappa shape index (κ1) is 17.3. The normalized spacial score (nSPS) is 10.4. The smallest absolute Gasteiger partial charge is 0.330 e. The van der Waals surface area contributed by atoms with Gasteiger partial charge in [0.2, 0.25) is 5.91 Å². The number of hydrogen-bond acceptors (Lipinski definition) is 4. The van der Waals surface area contributed by atoms with E-state index in [4.69, 9.17) is 4.74 Å². The Bertz CT molecular complexity index is 694. The number of amides is 1. The van der Waals surface area contributed by atoms with Gasteiger partial charge < -0.3 is 15.4 Å². The van der Waals surface area contributed by atoms with Crippen molar-refractivity contribution in [3.05, 3.63) is 66.2 Å². The number of carbonyl (C=O) groups is 2. The second-order valence-corrected chi connectivity index (χ2v) is 4.98. The molecule has 5 heteroatoms. The largest absolute Gasteiger partial charge is 0.463 e. The molecular formula is C19H20N2O3. The molecule has 124 valence electrons. The van der Waals surface area contributed by atoms with E-state index >= 15 is 0 Å². The van der Waals surface area contributed by atoms with Gasteiger partial charge in [-0.05, 0) is 42.8 Å². The maximum atomic E-state index is 11.9. The van der Waals surface area contributed by atoms with E-state index in [1.165, 1.54) is 6.08 Å². The molecule has 0 aliphatic carbocycles. The van der Waals surface area contributed by atoms with Crippen molar-refractivity contribution in [2.75, 3.05) is 23.8 Å². The Morgan fingerprint density at radius 3 is 2.38 bits per heavy atom. The van der Waals surface area contributed by atoms with Crippen LogP contribution in [0.3, 0.4) is 0 Å². The fourth-order valence-corrected chi connectivity index (χ4v) is 1.98. The third-order valence-electron chi connectivity index (χ3n) is 3.12. The molecule has 0 unspecified atom stereocenters. The van der Waals surface area contributed by atoms with Crippen LogP contribution in [0.25, 0.3) is 6.08 Å². The molecule has 0 saturated carbocycles. The Labute approximate surface area is 141 Å². The van der Waals surface area contributed by atoms with Crippen LogP contribution in [0.15, 0.2) is 60.7 Å². The standard InChI is InChI=1S/C19H20N2O3/c1-2-24-19(23)13-10-15-8-11-16(12-9-15)20-14-18(22)21-17-6-4-3-5-7-17/h3-13,20H,2,14H2,1H3,(H,21,22)/b13-10+. The molecule has 5 nitrogen and oxygen atoms in total. The fraction of sp³-hybridized carbons (Fsp3) is 0.158. The molecule has 0 heterocycles. The van der Waals surface area contributed by atoms with Gasteiger partial charge in [-0.25, -0.2) is 4.79 Å². The zero-order valence-corrected chi connectivity index (χ0v) is 13.5. The van der Waals surface area contributed by atoms with Crippen molar-refractivity contribution in [3.63, 3.8) is 0 Å². The summed E-state index contributed by atoms with van der Waals surface area (Å²) in [6.45, 7) is 2.30. The van der Waals surface area contributed by atoms with Gasteiger partial charge in [0.25, 0.3) is 0 Å². The highest BCUT2D eigenvalue weighted by atomic mass is 16.5. The van der Waals surface area contributed by atoms with Crippen molar-refractivity contribution in [1.29, 1.82) is 0 Å². The molecule has 2 rings (SSSR count). The zero-order chi connectivity index (χ0) is 17.2.